The zero-order chi connectivity index (χ0) is 31.8. The van der Waals surface area contributed by atoms with Crippen molar-refractivity contribution in [3.8, 4) is 22.9 Å². The van der Waals surface area contributed by atoms with Crippen LogP contribution in [0.3, 0.4) is 0 Å². The van der Waals surface area contributed by atoms with E-state index in [1.54, 1.807) is 32.2 Å². The van der Waals surface area contributed by atoms with Crippen LogP contribution in [0.5, 0.6) is 11.5 Å². The van der Waals surface area contributed by atoms with Crippen LogP contribution >= 0.6 is 11.6 Å². The van der Waals surface area contributed by atoms with Gasteiger partial charge in [0.05, 0.1) is 23.6 Å². The molecule has 0 unspecified atom stereocenters. The standard InChI is InChI=1S/C31H31ClF4N6O3/c1-30(22-7-6-20(32)15-23(22)33)44-26-5-3-4-21(27(26)45-30)18-8-11-42(12-9-18)17-25-24(37-10-13-43-2)14-19(16-38-25)28-39-29(41-40-28)31(34,35)36/h3-7,14-16,18,37H,8-13,17H2,1-2H3,(H,39,40,41)/t30-/m0/s1. The Balaban J connectivity index is 1.15. The van der Waals surface area contributed by atoms with Crippen LogP contribution in [0.25, 0.3) is 11.4 Å². The summed E-state index contributed by atoms with van der Waals surface area (Å²) in [5, 5.41) is 10.5. The van der Waals surface area contributed by atoms with Crippen LogP contribution in [0.2, 0.25) is 5.02 Å². The number of halogens is 5. The molecular formula is C31H31ClF4N6O3. The average Bonchev–Trinajstić information content (AvgIpc) is 3.64. The normalized spacial score (nSPS) is 18.8. The number of aromatic amines is 1. The molecule has 2 aliphatic rings. The molecule has 0 spiro atoms. The Hall–Kier alpha value is -3.94. The van der Waals surface area contributed by atoms with Crippen LogP contribution in [-0.2, 0) is 23.2 Å². The van der Waals surface area contributed by atoms with Gasteiger partial charge in [-0.15, -0.1) is 10.2 Å². The molecule has 0 aliphatic carbocycles. The molecule has 238 valence electrons. The summed E-state index contributed by atoms with van der Waals surface area (Å²) in [6, 6.07) is 11.9. The highest BCUT2D eigenvalue weighted by Gasteiger charge is 2.43. The van der Waals surface area contributed by atoms with E-state index >= 15 is 0 Å². The van der Waals surface area contributed by atoms with Crippen molar-refractivity contribution in [3.05, 3.63) is 82.1 Å². The van der Waals surface area contributed by atoms with E-state index in [2.05, 4.69) is 30.4 Å². The number of hydrogen-bond acceptors (Lipinski definition) is 8. The first-order valence-corrected chi connectivity index (χ1v) is 14.8. The van der Waals surface area contributed by atoms with Crippen LogP contribution in [0.15, 0.2) is 48.7 Å². The van der Waals surface area contributed by atoms with E-state index in [-0.39, 0.29) is 17.3 Å². The van der Waals surface area contributed by atoms with Crippen molar-refractivity contribution in [2.24, 2.45) is 0 Å². The van der Waals surface area contributed by atoms with E-state index < -0.39 is 23.6 Å². The van der Waals surface area contributed by atoms with Crippen molar-refractivity contribution < 1.29 is 31.8 Å². The molecule has 0 amide bonds. The third-order valence-electron chi connectivity index (χ3n) is 8.05. The molecule has 4 aromatic rings. The maximum Gasteiger partial charge on any atom is 0.451 e. The smallest absolute Gasteiger partial charge is 0.444 e. The van der Waals surface area contributed by atoms with E-state index in [9.17, 15) is 17.6 Å². The van der Waals surface area contributed by atoms with E-state index in [1.165, 1.54) is 12.3 Å². The monoisotopic (exact) mass is 646 g/mol. The number of anilines is 1. The number of hydrogen-bond donors (Lipinski definition) is 2. The number of para-hydroxylation sites is 1. The molecule has 1 atom stereocenters. The van der Waals surface area contributed by atoms with Crippen LogP contribution in [0, 0.1) is 5.82 Å². The van der Waals surface area contributed by atoms with Crippen molar-refractivity contribution in [2.75, 3.05) is 38.7 Å². The summed E-state index contributed by atoms with van der Waals surface area (Å²) in [5.74, 6) is -1.63. The summed E-state index contributed by atoms with van der Waals surface area (Å²) < 4.78 is 71.5. The lowest BCUT2D eigenvalue weighted by Crippen LogP contribution is -2.34. The highest BCUT2D eigenvalue weighted by molar-refractivity contribution is 6.30. The number of methoxy groups -OCH3 is 1. The van der Waals surface area contributed by atoms with Gasteiger partial charge in [-0.2, -0.15) is 13.2 Å². The van der Waals surface area contributed by atoms with Crippen LogP contribution in [0.1, 0.15) is 48.3 Å². The molecule has 2 aliphatic heterocycles. The van der Waals surface area contributed by atoms with Crippen molar-refractivity contribution >= 4 is 17.3 Å². The SMILES string of the molecule is COCCNc1cc(-c2nnc(C(F)(F)F)[nH]2)cnc1CN1CCC(c2cccc3c2O[C@@](C)(c2ccc(Cl)cc2F)O3)CC1. The highest BCUT2D eigenvalue weighted by atomic mass is 35.5. The number of likely N-dealkylation sites (tertiary alicyclic amines) is 1. The quantitative estimate of drug-likeness (QED) is 0.152. The van der Waals surface area contributed by atoms with Gasteiger partial charge in [0.25, 0.3) is 5.79 Å². The summed E-state index contributed by atoms with van der Waals surface area (Å²) in [6.07, 6.45) is -1.45. The number of H-pyrrole nitrogens is 1. The molecule has 2 aromatic carbocycles. The third kappa shape index (κ3) is 6.56. The number of pyridine rings is 1. The summed E-state index contributed by atoms with van der Waals surface area (Å²) in [7, 11) is 1.59. The second-order valence-corrected chi connectivity index (χ2v) is 11.6. The lowest BCUT2D eigenvalue weighted by atomic mass is 9.88. The van der Waals surface area contributed by atoms with Gasteiger partial charge in [-0.3, -0.25) is 9.88 Å². The predicted octanol–water partition coefficient (Wildman–Crippen LogP) is 6.76. The first-order valence-electron chi connectivity index (χ1n) is 14.4. The molecule has 14 heteroatoms. The van der Waals surface area contributed by atoms with Gasteiger partial charge in [0.1, 0.15) is 5.82 Å². The van der Waals surface area contributed by atoms with E-state index in [0.29, 0.717) is 47.5 Å². The largest absolute Gasteiger partial charge is 0.451 e. The van der Waals surface area contributed by atoms with Gasteiger partial charge >= 0.3 is 6.18 Å². The fraction of sp³-hybridized carbons (Fsp3) is 0.387. The number of fused-ring (bicyclic) bond motifs is 1. The number of ether oxygens (including phenoxy) is 3. The van der Waals surface area contributed by atoms with E-state index in [0.717, 1.165) is 37.2 Å². The Kier molecular flexibility index (Phi) is 8.59. The average molecular weight is 647 g/mol. The summed E-state index contributed by atoms with van der Waals surface area (Å²) in [4.78, 5) is 9.10. The summed E-state index contributed by atoms with van der Waals surface area (Å²) in [6.45, 7) is 4.70. The van der Waals surface area contributed by atoms with Crippen LogP contribution < -0.4 is 14.8 Å². The molecule has 0 saturated carbocycles. The maximum absolute atomic E-state index is 14.8. The zero-order valence-corrected chi connectivity index (χ0v) is 25.3. The molecule has 0 radical (unpaired) electrons. The van der Waals surface area contributed by atoms with Crippen molar-refractivity contribution in [2.45, 2.75) is 44.2 Å². The van der Waals surface area contributed by atoms with Gasteiger partial charge in [-0.05, 0) is 62.2 Å². The fourth-order valence-corrected chi connectivity index (χ4v) is 5.92. The lowest BCUT2D eigenvalue weighted by molar-refractivity contribution is -0.144. The molecular weight excluding hydrogens is 616 g/mol. The van der Waals surface area contributed by atoms with Crippen molar-refractivity contribution in [3.63, 3.8) is 0 Å². The van der Waals surface area contributed by atoms with E-state index in [4.69, 9.17) is 25.8 Å². The molecule has 45 heavy (non-hydrogen) atoms. The Bertz CT molecular complexity index is 1680. The summed E-state index contributed by atoms with van der Waals surface area (Å²) >= 11 is 5.95. The van der Waals surface area contributed by atoms with Gasteiger partial charge in [-0.25, -0.2) is 4.39 Å². The minimum absolute atomic E-state index is 0.0199. The van der Waals surface area contributed by atoms with Crippen molar-refractivity contribution in [1.29, 1.82) is 0 Å². The van der Waals surface area contributed by atoms with Gasteiger partial charge in [0, 0.05) is 49.5 Å². The Morgan fingerprint density at radius 1 is 1.13 bits per heavy atom. The number of alkyl halides is 3. The topological polar surface area (TPSA) is 97.4 Å². The molecule has 2 N–H and O–H groups in total. The van der Waals surface area contributed by atoms with Gasteiger partial charge < -0.3 is 24.5 Å². The Labute approximate surface area is 261 Å². The molecule has 2 aromatic heterocycles. The molecule has 0 bridgehead atoms. The number of piperidine rings is 1. The fourth-order valence-electron chi connectivity index (χ4n) is 5.76. The van der Waals surface area contributed by atoms with Crippen molar-refractivity contribution in [1.82, 2.24) is 25.1 Å². The second kappa shape index (κ2) is 12.5. The van der Waals surface area contributed by atoms with Crippen LogP contribution in [0.4, 0.5) is 23.2 Å². The van der Waals surface area contributed by atoms with Gasteiger partial charge in [0.2, 0.25) is 5.82 Å². The second-order valence-electron chi connectivity index (χ2n) is 11.2. The number of nitrogens with zero attached hydrogens (tertiary/aromatic N) is 4. The molecule has 4 heterocycles. The number of nitrogens with one attached hydrogen (secondary N) is 2. The van der Waals surface area contributed by atoms with Crippen LogP contribution in [-0.4, -0.2) is 58.4 Å². The molecule has 1 saturated heterocycles. The molecule has 9 nitrogen and oxygen atoms in total. The Morgan fingerprint density at radius 2 is 1.93 bits per heavy atom. The molecule has 6 rings (SSSR count). The maximum atomic E-state index is 14.8. The molecule has 1 fully saturated rings. The summed E-state index contributed by atoms with van der Waals surface area (Å²) in [5.41, 5.74) is 3.09. The first-order chi connectivity index (χ1) is 21.5. The number of benzene rings is 2. The zero-order valence-electron chi connectivity index (χ0n) is 24.5. The first kappa shape index (κ1) is 31.1. The highest BCUT2D eigenvalue weighted by Crippen LogP contribution is 2.50. The van der Waals surface area contributed by atoms with E-state index in [1.807, 2.05) is 18.2 Å². The predicted molar refractivity (Wildman–Crippen MR) is 159 cm³/mol. The lowest BCUT2D eigenvalue weighted by Gasteiger charge is -2.33. The minimum atomic E-state index is -4.63. The van der Waals surface area contributed by atoms with Gasteiger partial charge in [0.15, 0.2) is 17.3 Å². The number of rotatable bonds is 9. The number of aromatic nitrogens is 4. The Morgan fingerprint density at radius 3 is 2.64 bits per heavy atom. The third-order valence-corrected chi connectivity index (χ3v) is 8.29. The van der Waals surface area contributed by atoms with Gasteiger partial charge in [-0.1, -0.05) is 23.7 Å². The minimum Gasteiger partial charge on any atom is -0.444 e.